The minimum absolute atomic E-state index is 0.197. The number of Topliss-reactive ketones (excluding diaryl/α,β-unsaturated/α-hetero) is 1. The molecule has 0 aliphatic heterocycles. The van der Waals surface area contributed by atoms with Gasteiger partial charge < -0.3 is 5.73 Å². The van der Waals surface area contributed by atoms with Gasteiger partial charge >= 0.3 is 0 Å². The third-order valence-corrected chi connectivity index (χ3v) is 3.85. The summed E-state index contributed by atoms with van der Waals surface area (Å²) in [5, 5.41) is 0. The number of hydrogen-bond donors (Lipinski definition) is 1. The van der Waals surface area contributed by atoms with Crippen molar-refractivity contribution in [3.05, 3.63) is 34.9 Å². The molecule has 17 heavy (non-hydrogen) atoms. The highest BCUT2D eigenvalue weighted by Crippen LogP contribution is 2.31. The van der Waals surface area contributed by atoms with Crippen molar-refractivity contribution in [2.24, 2.45) is 11.1 Å². The minimum atomic E-state index is -0.389. The van der Waals surface area contributed by atoms with Gasteiger partial charge in [-0.05, 0) is 32.3 Å². The number of ketones is 1. The molecule has 94 valence electrons. The van der Waals surface area contributed by atoms with Gasteiger partial charge in [-0.1, -0.05) is 37.6 Å². The first-order valence-electron chi connectivity index (χ1n) is 6.33. The molecule has 2 nitrogen and oxygen atoms in total. The Labute approximate surface area is 104 Å². The third kappa shape index (κ3) is 2.58. The van der Waals surface area contributed by atoms with Crippen LogP contribution >= 0.6 is 0 Å². The molecule has 0 heterocycles. The fourth-order valence-electron chi connectivity index (χ4n) is 2.31. The maximum Gasteiger partial charge on any atom is 0.170 e. The highest BCUT2D eigenvalue weighted by molar-refractivity contribution is 6.01. The lowest BCUT2D eigenvalue weighted by Gasteiger charge is -2.29. The van der Waals surface area contributed by atoms with Gasteiger partial charge in [-0.25, -0.2) is 0 Å². The van der Waals surface area contributed by atoms with E-state index in [1.807, 2.05) is 39.8 Å². The molecule has 1 aromatic rings. The van der Waals surface area contributed by atoms with Crippen LogP contribution in [0.15, 0.2) is 18.2 Å². The summed E-state index contributed by atoms with van der Waals surface area (Å²) in [7, 11) is 0. The zero-order valence-corrected chi connectivity index (χ0v) is 11.3. The van der Waals surface area contributed by atoms with Crippen LogP contribution in [0.5, 0.6) is 0 Å². The van der Waals surface area contributed by atoms with E-state index >= 15 is 0 Å². The van der Waals surface area contributed by atoms with Crippen molar-refractivity contribution in [3.63, 3.8) is 0 Å². The Morgan fingerprint density at radius 1 is 1.24 bits per heavy atom. The Morgan fingerprint density at radius 2 is 1.82 bits per heavy atom. The van der Waals surface area contributed by atoms with Crippen LogP contribution in [-0.4, -0.2) is 12.3 Å². The van der Waals surface area contributed by atoms with E-state index in [0.717, 1.165) is 24.0 Å². The first-order chi connectivity index (χ1) is 8.00. The van der Waals surface area contributed by atoms with Gasteiger partial charge in [-0.15, -0.1) is 0 Å². The lowest BCUT2D eigenvalue weighted by atomic mass is 9.75. The molecule has 0 atom stereocenters. The standard InChI is InChI=1S/C15H23NO/c1-5-15(6-2,10-16)14(17)13-8-7-11(3)9-12(13)4/h7-9H,5-6,10,16H2,1-4H3. The van der Waals surface area contributed by atoms with Gasteiger partial charge in [0.2, 0.25) is 0 Å². The second-order valence-corrected chi connectivity index (χ2v) is 4.84. The van der Waals surface area contributed by atoms with Crippen LogP contribution in [0.2, 0.25) is 0 Å². The molecule has 2 heteroatoms. The molecule has 0 bridgehead atoms. The van der Waals surface area contributed by atoms with E-state index in [1.165, 1.54) is 5.56 Å². The van der Waals surface area contributed by atoms with Crippen LogP contribution in [0, 0.1) is 19.3 Å². The normalized spacial score (nSPS) is 11.6. The summed E-state index contributed by atoms with van der Waals surface area (Å²) in [6, 6.07) is 5.98. The predicted octanol–water partition coefficient (Wildman–Crippen LogP) is 3.25. The van der Waals surface area contributed by atoms with Gasteiger partial charge in [-0.3, -0.25) is 4.79 Å². The molecule has 0 unspecified atom stereocenters. The first-order valence-corrected chi connectivity index (χ1v) is 6.33. The maximum absolute atomic E-state index is 12.6. The molecule has 0 radical (unpaired) electrons. The maximum atomic E-state index is 12.6. The van der Waals surface area contributed by atoms with Crippen LogP contribution in [0.25, 0.3) is 0 Å². The van der Waals surface area contributed by atoms with Gasteiger partial charge in [0, 0.05) is 17.5 Å². The highest BCUT2D eigenvalue weighted by atomic mass is 16.1. The average Bonchev–Trinajstić information content (AvgIpc) is 2.32. The van der Waals surface area contributed by atoms with Crippen LogP contribution in [0.1, 0.15) is 48.2 Å². The molecule has 0 fully saturated rings. The van der Waals surface area contributed by atoms with Gasteiger partial charge in [0.1, 0.15) is 0 Å². The Hall–Kier alpha value is -1.15. The largest absolute Gasteiger partial charge is 0.329 e. The number of hydrogen-bond acceptors (Lipinski definition) is 2. The van der Waals surface area contributed by atoms with E-state index in [-0.39, 0.29) is 11.2 Å². The van der Waals surface area contributed by atoms with Crippen molar-refractivity contribution in [1.29, 1.82) is 0 Å². The van der Waals surface area contributed by atoms with E-state index in [1.54, 1.807) is 0 Å². The van der Waals surface area contributed by atoms with Crippen molar-refractivity contribution < 1.29 is 4.79 Å². The zero-order chi connectivity index (χ0) is 13.1. The lowest BCUT2D eigenvalue weighted by Crippen LogP contribution is -2.38. The lowest BCUT2D eigenvalue weighted by molar-refractivity contribution is 0.0786. The zero-order valence-electron chi connectivity index (χ0n) is 11.3. The van der Waals surface area contributed by atoms with Crippen LogP contribution in [0.4, 0.5) is 0 Å². The number of nitrogens with two attached hydrogens (primary N) is 1. The van der Waals surface area contributed by atoms with Crippen molar-refractivity contribution >= 4 is 5.78 Å². The van der Waals surface area contributed by atoms with E-state index in [2.05, 4.69) is 6.07 Å². The molecule has 2 N–H and O–H groups in total. The second kappa shape index (κ2) is 5.46. The smallest absolute Gasteiger partial charge is 0.170 e. The van der Waals surface area contributed by atoms with Crippen LogP contribution in [-0.2, 0) is 0 Å². The Balaban J connectivity index is 3.19. The summed E-state index contributed by atoms with van der Waals surface area (Å²) < 4.78 is 0. The number of aryl methyl sites for hydroxylation is 2. The summed E-state index contributed by atoms with van der Waals surface area (Å²) in [5.41, 5.74) is 8.50. The Bertz CT molecular complexity index is 397. The molecular weight excluding hydrogens is 210 g/mol. The summed E-state index contributed by atoms with van der Waals surface area (Å²) in [6.45, 7) is 8.53. The monoisotopic (exact) mass is 233 g/mol. The SMILES string of the molecule is CCC(CC)(CN)C(=O)c1ccc(C)cc1C. The van der Waals surface area contributed by atoms with Crippen LogP contribution < -0.4 is 5.73 Å². The van der Waals surface area contributed by atoms with Gasteiger partial charge in [-0.2, -0.15) is 0 Å². The molecule has 0 aliphatic rings. The Morgan fingerprint density at radius 3 is 2.24 bits per heavy atom. The number of carbonyl (C=O) groups excluding carboxylic acids is 1. The van der Waals surface area contributed by atoms with Crippen molar-refractivity contribution in [1.82, 2.24) is 0 Å². The summed E-state index contributed by atoms with van der Waals surface area (Å²) >= 11 is 0. The van der Waals surface area contributed by atoms with Gasteiger partial charge in [0.15, 0.2) is 5.78 Å². The summed E-state index contributed by atoms with van der Waals surface area (Å²) in [6.07, 6.45) is 1.60. The van der Waals surface area contributed by atoms with Gasteiger partial charge in [0.05, 0.1) is 0 Å². The molecule has 0 saturated carbocycles. The molecule has 0 amide bonds. The first kappa shape index (κ1) is 13.9. The van der Waals surface area contributed by atoms with Crippen molar-refractivity contribution in [2.75, 3.05) is 6.54 Å². The predicted molar refractivity (Wildman–Crippen MR) is 72.3 cm³/mol. The number of rotatable bonds is 5. The molecule has 1 aromatic carbocycles. The molecule has 0 aromatic heterocycles. The summed E-state index contributed by atoms with van der Waals surface area (Å²) in [4.78, 5) is 12.6. The van der Waals surface area contributed by atoms with Crippen LogP contribution in [0.3, 0.4) is 0 Å². The molecule has 0 saturated heterocycles. The average molecular weight is 233 g/mol. The van der Waals surface area contributed by atoms with E-state index in [0.29, 0.717) is 6.54 Å². The fourth-order valence-corrected chi connectivity index (χ4v) is 2.31. The topological polar surface area (TPSA) is 43.1 Å². The van der Waals surface area contributed by atoms with Crippen molar-refractivity contribution in [2.45, 2.75) is 40.5 Å². The van der Waals surface area contributed by atoms with Crippen molar-refractivity contribution in [3.8, 4) is 0 Å². The third-order valence-electron chi connectivity index (χ3n) is 3.85. The highest BCUT2D eigenvalue weighted by Gasteiger charge is 2.34. The minimum Gasteiger partial charge on any atom is -0.329 e. The quantitative estimate of drug-likeness (QED) is 0.793. The fraction of sp³-hybridized carbons (Fsp3) is 0.533. The molecule has 1 rings (SSSR count). The van der Waals surface area contributed by atoms with Gasteiger partial charge in [0.25, 0.3) is 0 Å². The molecule has 0 aliphatic carbocycles. The molecule has 0 spiro atoms. The number of carbonyl (C=O) groups is 1. The second-order valence-electron chi connectivity index (χ2n) is 4.84. The molecular formula is C15H23NO. The summed E-state index contributed by atoms with van der Waals surface area (Å²) in [5.74, 6) is 0.197. The van der Waals surface area contributed by atoms with E-state index < -0.39 is 0 Å². The number of benzene rings is 1. The van der Waals surface area contributed by atoms with E-state index in [9.17, 15) is 4.79 Å². The van der Waals surface area contributed by atoms with E-state index in [4.69, 9.17) is 5.73 Å². The Kier molecular flexibility index (Phi) is 4.47.